The molecule has 1 rings (SSSR count). The highest BCUT2D eigenvalue weighted by molar-refractivity contribution is 6.77. The zero-order valence-electron chi connectivity index (χ0n) is 32.7. The van der Waals surface area contributed by atoms with Gasteiger partial charge in [0.15, 0.2) is 12.5 Å². The van der Waals surface area contributed by atoms with Crippen LogP contribution in [0, 0.1) is 0 Å². The lowest BCUT2D eigenvalue weighted by molar-refractivity contribution is -0.151. The summed E-state index contributed by atoms with van der Waals surface area (Å²) in [7, 11) is 2.22. The van der Waals surface area contributed by atoms with Crippen molar-refractivity contribution in [1.82, 2.24) is 5.32 Å². The van der Waals surface area contributed by atoms with Crippen LogP contribution in [0.4, 0.5) is 8.78 Å². The van der Waals surface area contributed by atoms with Gasteiger partial charge in [-0.1, -0.05) is 65.1 Å². The largest absolute Gasteiger partial charge is 0.463 e. The number of carbonyl (C=O) groups excluding carboxylic acids is 8. The molecule has 25 heteroatoms. The minimum Gasteiger partial charge on any atom is -0.463 e. The number of methoxy groups -OCH3 is 2. The average Bonchev–Trinajstić information content (AvgIpc) is 3.24. The molecule has 1 aromatic carbocycles. The molecular weight excluding hydrogens is 889 g/mol. The van der Waals surface area contributed by atoms with Crippen LogP contribution in [-0.2, 0) is 59.1 Å². The summed E-state index contributed by atoms with van der Waals surface area (Å²) in [6.07, 6.45) is 0.764. The maximum Gasteiger partial charge on any atom is 0.379 e. The molecule has 0 saturated heterocycles. The van der Waals surface area contributed by atoms with E-state index in [0.717, 1.165) is 44.1 Å². The molecule has 0 fully saturated rings. The Morgan fingerprint density at radius 1 is 0.721 bits per heavy atom. The van der Waals surface area contributed by atoms with Gasteiger partial charge in [-0.15, -0.1) is 0 Å². The number of allylic oxidation sites excluding steroid dienone is 2. The highest BCUT2D eigenvalue weighted by Gasteiger charge is 2.28. The van der Waals surface area contributed by atoms with Crippen LogP contribution in [0.1, 0.15) is 12.5 Å². The fourth-order valence-corrected chi connectivity index (χ4v) is 2.83. The molecule has 2 unspecified atom stereocenters. The molecule has 0 radical (unpaired) electrons. The number of benzene rings is 1. The summed E-state index contributed by atoms with van der Waals surface area (Å²) < 4.78 is 33.9. The number of aliphatic hydroxyl groups excluding tert-OH is 5. The summed E-state index contributed by atoms with van der Waals surface area (Å²) in [5, 5.41) is 44.9. The number of aldehydes is 1. The lowest BCUT2D eigenvalue weighted by Crippen LogP contribution is -2.20. The Labute approximate surface area is 362 Å². The Hall–Kier alpha value is -5.59. The van der Waals surface area contributed by atoms with Crippen LogP contribution in [0.15, 0.2) is 89.6 Å². The van der Waals surface area contributed by atoms with Gasteiger partial charge < -0.3 is 62.3 Å². The number of ether oxygens (including phenoxy) is 3. The van der Waals surface area contributed by atoms with Crippen LogP contribution < -0.4 is 22.5 Å². The lowest BCUT2D eigenvalue weighted by Gasteiger charge is -2.08. The van der Waals surface area contributed by atoms with E-state index in [1.807, 2.05) is 30.3 Å². The number of rotatable bonds is 18. The van der Waals surface area contributed by atoms with Gasteiger partial charge in [0.1, 0.15) is 0 Å². The van der Waals surface area contributed by atoms with E-state index in [9.17, 15) is 47.1 Å². The minimum atomic E-state index is -2.19. The number of hydrogen-bond donors (Lipinski definition) is 9. The molecule has 0 aliphatic carbocycles. The molecule has 0 saturated carbocycles. The van der Waals surface area contributed by atoms with Crippen molar-refractivity contribution in [2.24, 2.45) is 17.2 Å². The Bertz CT molecular complexity index is 1700. The van der Waals surface area contributed by atoms with Gasteiger partial charge in [-0.2, -0.15) is 0 Å². The predicted octanol–water partition coefficient (Wildman–Crippen LogP) is -0.960. The van der Waals surface area contributed by atoms with Crippen molar-refractivity contribution in [2.75, 3.05) is 47.3 Å². The number of carbonyl (C=O) groups is 8. The molecule has 0 amide bonds. The van der Waals surface area contributed by atoms with Gasteiger partial charge in [-0.3, -0.25) is 24.0 Å². The first-order valence-electron chi connectivity index (χ1n) is 16.4. The van der Waals surface area contributed by atoms with Crippen molar-refractivity contribution < 1.29 is 86.9 Å². The second-order valence-electron chi connectivity index (χ2n) is 10.3. The van der Waals surface area contributed by atoms with E-state index in [4.69, 9.17) is 77.5 Å². The smallest absolute Gasteiger partial charge is 0.379 e. The van der Waals surface area contributed by atoms with E-state index >= 15 is 0 Å². The first-order chi connectivity index (χ1) is 28.4. The number of ketones is 4. The van der Waals surface area contributed by atoms with Gasteiger partial charge in [0, 0.05) is 53.6 Å². The summed E-state index contributed by atoms with van der Waals surface area (Å²) in [6.45, 7) is 0.485. The molecule has 0 bridgehead atoms. The van der Waals surface area contributed by atoms with Gasteiger partial charge in [-0.05, 0) is 24.6 Å². The molecule has 0 aliphatic heterocycles. The molecule has 0 spiro atoms. The number of nitrogens with two attached hydrogens (primary N) is 3. The second kappa shape index (κ2) is 37.4. The van der Waals surface area contributed by atoms with Gasteiger partial charge in [0.05, 0.1) is 47.3 Å². The number of aliphatic hydroxyl groups is 5. The van der Waals surface area contributed by atoms with E-state index in [0.29, 0.717) is 18.7 Å². The third-order valence-corrected chi connectivity index (χ3v) is 6.01. The zero-order chi connectivity index (χ0) is 48.1. The molecule has 61 heavy (non-hydrogen) atoms. The number of halogens is 5. The summed E-state index contributed by atoms with van der Waals surface area (Å²) >= 11 is 15.6. The summed E-state index contributed by atoms with van der Waals surface area (Å²) in [4.78, 5) is 84.8. The summed E-state index contributed by atoms with van der Waals surface area (Å²) in [5.41, 5.74) is 16.3. The average molecular weight is 936 g/mol. The van der Waals surface area contributed by atoms with Gasteiger partial charge in [-0.25, -0.2) is 23.2 Å². The predicted molar refractivity (Wildman–Crippen MR) is 215 cm³/mol. The van der Waals surface area contributed by atoms with Crippen LogP contribution in [0.2, 0.25) is 0 Å². The van der Waals surface area contributed by atoms with Gasteiger partial charge >= 0.3 is 17.9 Å². The second-order valence-corrected chi connectivity index (χ2v) is 12.6. The molecular formula is C36H47Cl3F2N4O16. The van der Waals surface area contributed by atoms with Crippen molar-refractivity contribution in [3.63, 3.8) is 0 Å². The molecule has 20 nitrogen and oxygen atoms in total. The molecule has 1 aromatic rings. The SMILES string of the molecule is CCOC(=O)C(=O)C=C(N)CO.COC(=O)C(=O)C=C(CO)NCc1ccccc1.COC(=O)C(=O)C=C(N)CO.NC(=CC(=O)C(Cl)(Cl)Cl)CO.O=CC(F)C=CC(O)F. The van der Waals surface area contributed by atoms with Crippen molar-refractivity contribution in [3.05, 3.63) is 95.1 Å². The van der Waals surface area contributed by atoms with Crippen LogP contribution in [0.3, 0.4) is 0 Å². The molecule has 12 N–H and O–H groups in total. The van der Waals surface area contributed by atoms with E-state index in [2.05, 4.69) is 19.5 Å². The van der Waals surface area contributed by atoms with Crippen molar-refractivity contribution >= 4 is 82.1 Å². The monoisotopic (exact) mass is 934 g/mol. The van der Waals surface area contributed by atoms with E-state index in [-0.39, 0.29) is 42.3 Å². The van der Waals surface area contributed by atoms with Crippen LogP contribution >= 0.6 is 34.8 Å². The Morgan fingerprint density at radius 3 is 1.51 bits per heavy atom. The van der Waals surface area contributed by atoms with Crippen LogP contribution in [0.5, 0.6) is 0 Å². The van der Waals surface area contributed by atoms with Crippen LogP contribution in [-0.4, -0.2) is 136 Å². The van der Waals surface area contributed by atoms with E-state index in [1.54, 1.807) is 6.92 Å². The maximum absolute atomic E-state index is 11.8. The maximum atomic E-state index is 11.8. The highest BCUT2D eigenvalue weighted by atomic mass is 35.6. The highest BCUT2D eigenvalue weighted by Crippen LogP contribution is 2.27. The lowest BCUT2D eigenvalue weighted by atomic mass is 10.2. The molecule has 0 aromatic heterocycles. The van der Waals surface area contributed by atoms with Gasteiger partial charge in [0.25, 0.3) is 21.1 Å². The summed E-state index contributed by atoms with van der Waals surface area (Å²) in [6, 6.07) is 9.49. The number of alkyl halides is 5. The molecule has 342 valence electrons. The number of esters is 3. The van der Waals surface area contributed by atoms with Gasteiger partial charge in [0.2, 0.25) is 12.1 Å². The first kappa shape index (κ1) is 62.1. The van der Waals surface area contributed by atoms with Crippen molar-refractivity contribution in [1.29, 1.82) is 0 Å². The fourth-order valence-electron chi connectivity index (χ4n) is 2.67. The van der Waals surface area contributed by atoms with Crippen LogP contribution in [0.25, 0.3) is 0 Å². The first-order valence-corrected chi connectivity index (χ1v) is 17.5. The Balaban J connectivity index is -0.000000341. The minimum absolute atomic E-state index is 0.00111. The fraction of sp³-hybridized carbons (Fsp3) is 0.333. The third kappa shape index (κ3) is 37.2. The third-order valence-electron chi connectivity index (χ3n) is 5.45. The Kier molecular flexibility index (Phi) is 38.1. The van der Waals surface area contributed by atoms with E-state index < -0.39 is 77.2 Å². The zero-order valence-corrected chi connectivity index (χ0v) is 34.9. The number of hydrogen-bond acceptors (Lipinski definition) is 20. The standard InChI is InChI=1S/C13H15NO4.C7H11NO4.C6H9NO4.C5H6Cl3NO2.C5H6F2O2/c1-18-13(17)12(16)7-11(9-15)14-8-10-5-3-2-4-6-10;1-2-12-7(11)6(10)3-5(8)4-9;1-11-6(10)5(9)2-4(7)3-8;6-5(7,8)4(11)1-3(9)2-10;6-4(3-8)1-2-5(7)9/h2-7,14-15H,8-9H2,1H3;3,9H,2,4,8H2,1H3;2,8H,3,7H2,1H3;1,10H,2,9H2;1-5,9H. The number of nitrogens with one attached hydrogen (secondary N) is 1. The Morgan fingerprint density at radius 2 is 1.15 bits per heavy atom. The molecule has 2 atom stereocenters. The molecule has 0 aliphatic rings. The van der Waals surface area contributed by atoms with Crippen molar-refractivity contribution in [2.45, 2.75) is 29.8 Å². The van der Waals surface area contributed by atoms with E-state index in [1.165, 1.54) is 0 Å². The topological polar surface area (TPSA) is 355 Å². The van der Waals surface area contributed by atoms with Crippen molar-refractivity contribution in [3.8, 4) is 0 Å². The normalized spacial score (nSPS) is 12.3. The summed E-state index contributed by atoms with van der Waals surface area (Å²) in [5.74, 6) is -6.23. The molecule has 0 heterocycles. The quantitative estimate of drug-likeness (QED) is 0.0163.